The molecule has 2 heteroatoms. The molecule has 0 bridgehead atoms. The van der Waals surface area contributed by atoms with Crippen LogP contribution in [-0.2, 0) is 12.8 Å². The Morgan fingerprint density at radius 3 is 2.32 bits per heavy atom. The number of aromatic nitrogens is 1. The predicted molar refractivity (Wildman–Crippen MR) is 148 cm³/mol. The van der Waals surface area contributed by atoms with Crippen molar-refractivity contribution in [2.24, 2.45) is 11.8 Å². The molecule has 0 N–H and O–H groups in total. The van der Waals surface area contributed by atoms with E-state index in [0.29, 0.717) is 11.8 Å². The Morgan fingerprint density at radius 1 is 0.765 bits per heavy atom. The molecule has 34 heavy (non-hydrogen) atoms. The number of fused-ring (bicyclic) bond motifs is 5. The molecule has 0 amide bonds. The number of aryl methyl sites for hydroxylation is 1. The molecule has 4 aromatic carbocycles. The molecule has 0 radical (unpaired) electrons. The van der Waals surface area contributed by atoms with Gasteiger partial charge in [0.2, 0.25) is 0 Å². The highest BCUT2D eigenvalue weighted by Gasteiger charge is 2.26. The van der Waals surface area contributed by atoms with Gasteiger partial charge in [0.1, 0.15) is 0 Å². The van der Waals surface area contributed by atoms with E-state index in [1.807, 2.05) is 18.0 Å². The highest BCUT2D eigenvalue weighted by Crippen LogP contribution is 2.52. The van der Waals surface area contributed by atoms with Gasteiger partial charge in [0.15, 0.2) is 0 Å². The fourth-order valence-corrected chi connectivity index (χ4v) is 6.90. The van der Waals surface area contributed by atoms with Crippen LogP contribution in [0.5, 0.6) is 0 Å². The van der Waals surface area contributed by atoms with E-state index in [-0.39, 0.29) is 0 Å². The fourth-order valence-electron chi connectivity index (χ4n) is 5.60. The summed E-state index contributed by atoms with van der Waals surface area (Å²) in [4.78, 5) is 7.72. The first kappa shape index (κ1) is 21.7. The molecule has 0 atom stereocenters. The van der Waals surface area contributed by atoms with E-state index in [1.165, 1.54) is 64.4 Å². The Hall–Kier alpha value is -2.84. The van der Waals surface area contributed by atoms with Crippen LogP contribution in [0.25, 0.3) is 43.6 Å². The van der Waals surface area contributed by atoms with Gasteiger partial charge < -0.3 is 0 Å². The number of pyridine rings is 1. The number of rotatable bonds is 4. The molecular formula is C32H31NS. The van der Waals surface area contributed by atoms with E-state index in [0.717, 1.165) is 18.5 Å². The van der Waals surface area contributed by atoms with Crippen LogP contribution in [0.15, 0.2) is 70.6 Å². The van der Waals surface area contributed by atoms with Crippen molar-refractivity contribution in [1.29, 1.82) is 0 Å². The third-order valence-electron chi connectivity index (χ3n) is 6.96. The highest BCUT2D eigenvalue weighted by atomic mass is 32.2. The number of nitrogens with zero attached hydrogens (tertiary/aromatic N) is 1. The molecule has 0 unspecified atom stereocenters. The van der Waals surface area contributed by atoms with Crippen molar-refractivity contribution in [3.05, 3.63) is 77.5 Å². The lowest BCUT2D eigenvalue weighted by Gasteiger charge is -2.25. The van der Waals surface area contributed by atoms with Gasteiger partial charge in [0, 0.05) is 26.9 Å². The second-order valence-corrected chi connectivity index (χ2v) is 11.8. The van der Waals surface area contributed by atoms with Gasteiger partial charge in [-0.3, -0.25) is 4.98 Å². The summed E-state index contributed by atoms with van der Waals surface area (Å²) >= 11 is 1.96. The lowest BCUT2D eigenvalue weighted by molar-refractivity contribution is 0.644. The van der Waals surface area contributed by atoms with Crippen molar-refractivity contribution < 1.29 is 0 Å². The van der Waals surface area contributed by atoms with Crippen LogP contribution in [-0.4, -0.2) is 4.98 Å². The summed E-state index contributed by atoms with van der Waals surface area (Å²) in [7, 11) is 0. The summed E-state index contributed by atoms with van der Waals surface area (Å²) in [5.41, 5.74) is 6.65. The minimum absolute atomic E-state index is 0.594. The maximum absolute atomic E-state index is 4.98. The molecule has 2 heterocycles. The average molecular weight is 462 g/mol. The molecule has 0 saturated carbocycles. The Bertz CT molecular complexity index is 1590. The van der Waals surface area contributed by atoms with E-state index in [4.69, 9.17) is 4.98 Å². The lowest BCUT2D eigenvalue weighted by Crippen LogP contribution is -2.04. The Balaban J connectivity index is 1.67. The molecule has 0 saturated heterocycles. The summed E-state index contributed by atoms with van der Waals surface area (Å²) in [6.07, 6.45) is 4.20. The van der Waals surface area contributed by atoms with Crippen molar-refractivity contribution in [2.75, 3.05) is 0 Å². The van der Waals surface area contributed by atoms with Gasteiger partial charge in [0.25, 0.3) is 0 Å². The summed E-state index contributed by atoms with van der Waals surface area (Å²) < 4.78 is 0. The molecular weight excluding hydrogens is 430 g/mol. The third kappa shape index (κ3) is 3.51. The van der Waals surface area contributed by atoms with Gasteiger partial charge in [-0.1, -0.05) is 81.4 Å². The van der Waals surface area contributed by atoms with Gasteiger partial charge in [-0.15, -0.1) is 0 Å². The standard InChI is InChI=1S/C32H31NS/c1-18(2)12-21-7-9-24-23(15-21)17-29-30-26(24)10-11-33-31(30)28-16-22-14-20(5)6-8-25(22)27(13-19(3)4)32(28)34-29/h6-11,14-19H,12-13H2,1-5H3. The van der Waals surface area contributed by atoms with Crippen LogP contribution >= 0.6 is 11.8 Å². The second-order valence-electron chi connectivity index (χ2n) is 10.8. The maximum atomic E-state index is 4.98. The molecule has 0 spiro atoms. The minimum atomic E-state index is 0.594. The fraction of sp³-hybridized carbons (Fsp3) is 0.281. The molecule has 1 nitrogen and oxygen atoms in total. The zero-order valence-corrected chi connectivity index (χ0v) is 21.5. The molecule has 1 aromatic heterocycles. The highest BCUT2D eigenvalue weighted by molar-refractivity contribution is 8.00. The van der Waals surface area contributed by atoms with Crippen molar-refractivity contribution >= 4 is 44.1 Å². The van der Waals surface area contributed by atoms with Crippen LogP contribution in [0.1, 0.15) is 44.4 Å². The van der Waals surface area contributed by atoms with Gasteiger partial charge >= 0.3 is 0 Å². The largest absolute Gasteiger partial charge is 0.256 e. The molecule has 6 rings (SSSR count). The smallest absolute Gasteiger partial charge is 0.0803 e. The van der Waals surface area contributed by atoms with Crippen LogP contribution in [0.3, 0.4) is 0 Å². The topological polar surface area (TPSA) is 12.9 Å². The normalized spacial score (nSPS) is 12.9. The Morgan fingerprint density at radius 2 is 1.53 bits per heavy atom. The first-order valence-corrected chi connectivity index (χ1v) is 13.3. The monoisotopic (exact) mass is 461 g/mol. The third-order valence-corrected chi connectivity index (χ3v) is 8.18. The average Bonchev–Trinajstić information content (AvgIpc) is 2.78. The Labute approximate surface area is 206 Å². The molecule has 1 aliphatic rings. The number of hydrogen-bond acceptors (Lipinski definition) is 2. The second kappa shape index (κ2) is 8.13. The van der Waals surface area contributed by atoms with Crippen LogP contribution < -0.4 is 0 Å². The lowest BCUT2D eigenvalue weighted by atomic mass is 9.90. The van der Waals surface area contributed by atoms with Crippen molar-refractivity contribution in [2.45, 2.75) is 57.3 Å². The van der Waals surface area contributed by atoms with E-state index >= 15 is 0 Å². The van der Waals surface area contributed by atoms with Crippen molar-refractivity contribution in [1.82, 2.24) is 4.98 Å². The van der Waals surface area contributed by atoms with E-state index in [2.05, 4.69) is 89.2 Å². The molecule has 0 aliphatic carbocycles. The van der Waals surface area contributed by atoms with Crippen molar-refractivity contribution in [3.63, 3.8) is 0 Å². The van der Waals surface area contributed by atoms with Crippen LogP contribution in [0.4, 0.5) is 0 Å². The minimum Gasteiger partial charge on any atom is -0.256 e. The summed E-state index contributed by atoms with van der Waals surface area (Å²) in [5, 5.41) is 8.03. The van der Waals surface area contributed by atoms with Crippen molar-refractivity contribution in [3.8, 4) is 11.3 Å². The molecule has 5 aromatic rings. The van der Waals surface area contributed by atoms with Gasteiger partial charge in [0.05, 0.1) is 5.69 Å². The predicted octanol–water partition coefficient (Wildman–Crippen LogP) is 9.38. The Kier molecular flexibility index (Phi) is 5.18. The summed E-state index contributed by atoms with van der Waals surface area (Å²) in [5.74, 6) is 1.25. The molecule has 0 fully saturated rings. The first-order valence-electron chi connectivity index (χ1n) is 12.5. The number of hydrogen-bond donors (Lipinski definition) is 0. The zero-order valence-electron chi connectivity index (χ0n) is 20.7. The summed E-state index contributed by atoms with van der Waals surface area (Å²) in [6, 6.07) is 21.0. The van der Waals surface area contributed by atoms with Gasteiger partial charge in [-0.05, 0) is 87.9 Å². The van der Waals surface area contributed by atoms with Crippen LogP contribution in [0, 0.1) is 18.8 Å². The van der Waals surface area contributed by atoms with E-state index in [9.17, 15) is 0 Å². The number of benzene rings is 4. The molecule has 170 valence electrons. The molecule has 1 aliphatic heterocycles. The van der Waals surface area contributed by atoms with E-state index < -0.39 is 0 Å². The van der Waals surface area contributed by atoms with Gasteiger partial charge in [-0.25, -0.2) is 0 Å². The quantitative estimate of drug-likeness (QED) is 0.242. The van der Waals surface area contributed by atoms with Gasteiger partial charge in [-0.2, -0.15) is 0 Å². The SMILES string of the molecule is Cc1ccc2c(CC(C)C)c3c(cc2c1)-c1nccc2c1c(cc1cc(CC(C)C)ccc12)S3. The first-order chi connectivity index (χ1) is 16.4. The van der Waals surface area contributed by atoms with Crippen LogP contribution in [0.2, 0.25) is 0 Å². The van der Waals surface area contributed by atoms with E-state index in [1.54, 1.807) is 0 Å². The zero-order chi connectivity index (χ0) is 23.6. The maximum Gasteiger partial charge on any atom is 0.0803 e. The summed E-state index contributed by atoms with van der Waals surface area (Å²) in [6.45, 7) is 11.4.